The monoisotopic (exact) mass is 320 g/mol. The first-order valence-corrected chi connectivity index (χ1v) is 9.18. The van der Waals surface area contributed by atoms with Crippen LogP contribution in [0.25, 0.3) is 0 Å². The maximum absolute atomic E-state index is 12.4. The van der Waals surface area contributed by atoms with Crippen LogP contribution >= 0.6 is 0 Å². The minimum atomic E-state index is -3.26. The molecule has 0 aliphatic carbocycles. The fourth-order valence-corrected chi connectivity index (χ4v) is 3.19. The van der Waals surface area contributed by atoms with Crippen molar-refractivity contribution in [1.82, 2.24) is 10.6 Å². The lowest BCUT2D eigenvalue weighted by Gasteiger charge is -2.36. The smallest absolute Gasteiger partial charge is 0.326 e. The summed E-state index contributed by atoms with van der Waals surface area (Å²) in [5, 5.41) is 14.8. The van der Waals surface area contributed by atoms with Crippen LogP contribution in [-0.4, -0.2) is 56.5 Å². The Bertz CT molecular complexity index is 483. The maximum Gasteiger partial charge on any atom is 0.326 e. The third-order valence-electron chi connectivity index (χ3n) is 4.01. The number of sulfone groups is 1. The second-order valence-corrected chi connectivity index (χ2v) is 7.96. The molecule has 1 aliphatic heterocycles. The van der Waals surface area contributed by atoms with Gasteiger partial charge in [-0.15, -0.1) is 0 Å². The quantitative estimate of drug-likeness (QED) is 0.597. The predicted octanol–water partition coefficient (Wildman–Crippen LogP) is -0.230. The minimum Gasteiger partial charge on any atom is -0.480 e. The summed E-state index contributed by atoms with van der Waals surface area (Å²) in [5.74, 6) is -1.78. The number of carbonyl (C=O) groups is 2. The molecular formula is C13H24N2O5S. The molecule has 0 aromatic heterocycles. The van der Waals surface area contributed by atoms with Gasteiger partial charge in [0.05, 0.1) is 11.2 Å². The number of piperidine rings is 1. The van der Waals surface area contributed by atoms with Crippen LogP contribution in [0.5, 0.6) is 0 Å². The van der Waals surface area contributed by atoms with Crippen LogP contribution in [0, 0.1) is 5.41 Å². The lowest BCUT2D eigenvalue weighted by atomic mass is 9.77. The van der Waals surface area contributed by atoms with Gasteiger partial charge >= 0.3 is 5.97 Å². The minimum absolute atomic E-state index is 0.118. The Labute approximate surface area is 125 Å². The fraction of sp³-hybridized carbons (Fsp3) is 0.846. The number of carboxylic acid groups (broad SMARTS) is 1. The van der Waals surface area contributed by atoms with Gasteiger partial charge in [-0.1, -0.05) is 6.92 Å². The Kier molecular flexibility index (Phi) is 6.15. The van der Waals surface area contributed by atoms with E-state index in [1.54, 1.807) is 0 Å². The molecule has 0 radical (unpaired) electrons. The van der Waals surface area contributed by atoms with Crippen molar-refractivity contribution in [2.45, 2.75) is 38.6 Å². The molecule has 0 bridgehead atoms. The van der Waals surface area contributed by atoms with Crippen LogP contribution in [0.4, 0.5) is 0 Å². The summed E-state index contributed by atoms with van der Waals surface area (Å²) in [6, 6.07) is -1.17. The van der Waals surface area contributed by atoms with E-state index in [0.29, 0.717) is 19.4 Å². The Morgan fingerprint density at radius 2 is 2.10 bits per heavy atom. The van der Waals surface area contributed by atoms with Crippen LogP contribution in [0.15, 0.2) is 0 Å². The predicted molar refractivity (Wildman–Crippen MR) is 78.7 cm³/mol. The van der Waals surface area contributed by atoms with Crippen LogP contribution in [0.2, 0.25) is 0 Å². The summed E-state index contributed by atoms with van der Waals surface area (Å²) >= 11 is 0. The van der Waals surface area contributed by atoms with Gasteiger partial charge in [-0.25, -0.2) is 13.2 Å². The molecule has 1 amide bonds. The van der Waals surface area contributed by atoms with Crippen molar-refractivity contribution in [2.75, 3.05) is 25.1 Å². The lowest BCUT2D eigenvalue weighted by molar-refractivity contribution is -0.144. The Morgan fingerprint density at radius 1 is 1.43 bits per heavy atom. The molecule has 0 saturated carbocycles. The van der Waals surface area contributed by atoms with Crippen molar-refractivity contribution < 1.29 is 23.1 Å². The van der Waals surface area contributed by atoms with Gasteiger partial charge in [0.25, 0.3) is 0 Å². The standard InChI is InChI=1S/C13H24N2O5S/c1-3-13(6-4-7-14-9-13)12(18)15-10(11(16)17)5-8-21(2,19)20/h10,14H,3-9H2,1-2H3,(H,15,18)(H,16,17). The van der Waals surface area contributed by atoms with E-state index in [1.807, 2.05) is 6.92 Å². The molecule has 8 heteroatoms. The molecule has 0 aromatic rings. The highest BCUT2D eigenvalue weighted by atomic mass is 32.2. The Morgan fingerprint density at radius 3 is 2.52 bits per heavy atom. The first-order valence-electron chi connectivity index (χ1n) is 7.12. The van der Waals surface area contributed by atoms with Gasteiger partial charge in [-0.05, 0) is 32.2 Å². The SMILES string of the molecule is CCC1(C(=O)NC(CCS(C)(=O)=O)C(=O)O)CCCNC1. The van der Waals surface area contributed by atoms with Crippen molar-refractivity contribution in [3.8, 4) is 0 Å². The summed E-state index contributed by atoms with van der Waals surface area (Å²) in [5.41, 5.74) is -0.600. The molecule has 2 atom stereocenters. The molecule has 1 fully saturated rings. The van der Waals surface area contributed by atoms with E-state index in [4.69, 9.17) is 5.11 Å². The molecule has 2 unspecified atom stereocenters. The molecule has 1 rings (SSSR count). The van der Waals surface area contributed by atoms with E-state index in [0.717, 1.165) is 19.2 Å². The summed E-state index contributed by atoms with van der Waals surface area (Å²) < 4.78 is 22.3. The lowest BCUT2D eigenvalue weighted by Crippen LogP contribution is -2.54. The number of rotatable bonds is 7. The van der Waals surface area contributed by atoms with Gasteiger partial charge < -0.3 is 15.7 Å². The number of carbonyl (C=O) groups excluding carboxylic acids is 1. The zero-order valence-corrected chi connectivity index (χ0v) is 13.3. The maximum atomic E-state index is 12.4. The van der Waals surface area contributed by atoms with Gasteiger partial charge in [0.15, 0.2) is 0 Å². The molecular weight excluding hydrogens is 296 g/mol. The van der Waals surface area contributed by atoms with Gasteiger partial charge in [-0.3, -0.25) is 4.79 Å². The average Bonchev–Trinajstić information content (AvgIpc) is 2.42. The van der Waals surface area contributed by atoms with Crippen molar-refractivity contribution >= 4 is 21.7 Å². The third kappa shape index (κ3) is 5.28. The largest absolute Gasteiger partial charge is 0.480 e. The molecule has 1 aliphatic rings. The highest BCUT2D eigenvalue weighted by molar-refractivity contribution is 7.90. The van der Waals surface area contributed by atoms with Crippen molar-refractivity contribution in [3.05, 3.63) is 0 Å². The Hall–Kier alpha value is -1.15. The second kappa shape index (κ2) is 7.22. The molecule has 3 N–H and O–H groups in total. The van der Waals surface area contributed by atoms with Crippen LogP contribution in [0.1, 0.15) is 32.6 Å². The summed E-state index contributed by atoms with van der Waals surface area (Å²) in [6.07, 6.45) is 3.12. The van der Waals surface area contributed by atoms with Gasteiger partial charge in [0.2, 0.25) is 5.91 Å². The third-order valence-corrected chi connectivity index (χ3v) is 4.99. The van der Waals surface area contributed by atoms with Crippen LogP contribution in [-0.2, 0) is 19.4 Å². The first kappa shape index (κ1) is 17.9. The van der Waals surface area contributed by atoms with E-state index in [1.165, 1.54) is 0 Å². The normalized spacial score (nSPS) is 24.3. The fourth-order valence-electron chi connectivity index (χ4n) is 2.52. The molecule has 122 valence electrons. The van der Waals surface area contributed by atoms with E-state index >= 15 is 0 Å². The van der Waals surface area contributed by atoms with Crippen LogP contribution in [0.3, 0.4) is 0 Å². The van der Waals surface area contributed by atoms with Crippen LogP contribution < -0.4 is 10.6 Å². The number of hydrogen-bond donors (Lipinski definition) is 3. The van der Waals surface area contributed by atoms with Crippen molar-refractivity contribution in [3.63, 3.8) is 0 Å². The highest BCUT2D eigenvalue weighted by Gasteiger charge is 2.39. The first-order chi connectivity index (χ1) is 9.70. The number of carboxylic acids is 1. The van der Waals surface area contributed by atoms with Crippen molar-refractivity contribution in [2.24, 2.45) is 5.41 Å². The molecule has 21 heavy (non-hydrogen) atoms. The average molecular weight is 320 g/mol. The number of aliphatic carboxylic acids is 1. The zero-order valence-electron chi connectivity index (χ0n) is 12.5. The molecule has 1 heterocycles. The summed E-state index contributed by atoms with van der Waals surface area (Å²) in [4.78, 5) is 23.6. The molecule has 1 saturated heterocycles. The van der Waals surface area contributed by atoms with Gasteiger partial charge in [0.1, 0.15) is 15.9 Å². The van der Waals surface area contributed by atoms with Gasteiger partial charge in [0, 0.05) is 12.8 Å². The highest BCUT2D eigenvalue weighted by Crippen LogP contribution is 2.30. The van der Waals surface area contributed by atoms with E-state index in [-0.39, 0.29) is 18.1 Å². The molecule has 0 aromatic carbocycles. The molecule has 0 spiro atoms. The number of amides is 1. The second-order valence-electron chi connectivity index (χ2n) is 5.70. The summed E-state index contributed by atoms with van der Waals surface area (Å²) in [6.45, 7) is 3.28. The number of hydrogen-bond acceptors (Lipinski definition) is 5. The topological polar surface area (TPSA) is 113 Å². The van der Waals surface area contributed by atoms with Crippen molar-refractivity contribution in [1.29, 1.82) is 0 Å². The molecule has 7 nitrogen and oxygen atoms in total. The summed E-state index contributed by atoms with van der Waals surface area (Å²) in [7, 11) is -3.26. The van der Waals surface area contributed by atoms with E-state index < -0.39 is 27.3 Å². The zero-order chi connectivity index (χ0) is 16.1. The van der Waals surface area contributed by atoms with Gasteiger partial charge in [-0.2, -0.15) is 0 Å². The number of nitrogens with one attached hydrogen (secondary N) is 2. The Balaban J connectivity index is 2.73. The van der Waals surface area contributed by atoms with E-state index in [9.17, 15) is 18.0 Å². The van der Waals surface area contributed by atoms with E-state index in [2.05, 4.69) is 10.6 Å².